The molecule has 0 spiro atoms. The van der Waals surface area contributed by atoms with Gasteiger partial charge in [0.2, 0.25) is 5.89 Å². The van der Waals surface area contributed by atoms with Gasteiger partial charge in [-0.2, -0.15) is 4.99 Å². The molecule has 4 nitrogen and oxygen atoms in total. The number of nitrogens with zero attached hydrogens (tertiary/aromatic N) is 3. The first kappa shape index (κ1) is 10.8. The summed E-state index contributed by atoms with van der Waals surface area (Å²) in [5.74, 6) is 0.495. The van der Waals surface area contributed by atoms with E-state index >= 15 is 0 Å². The number of isothiocyanates is 1. The summed E-state index contributed by atoms with van der Waals surface area (Å²) in [6.45, 7) is 0. The lowest BCUT2D eigenvalue weighted by Crippen LogP contribution is -1.80. The van der Waals surface area contributed by atoms with E-state index in [-0.39, 0.29) is 0 Å². The summed E-state index contributed by atoms with van der Waals surface area (Å²) in [5, 5.41) is 2.32. The van der Waals surface area contributed by atoms with Crippen LogP contribution in [0.3, 0.4) is 0 Å². The van der Waals surface area contributed by atoms with E-state index in [1.807, 2.05) is 18.2 Å². The molecular formula is C13H7N3OS. The Morgan fingerprint density at radius 1 is 1.22 bits per heavy atom. The summed E-state index contributed by atoms with van der Waals surface area (Å²) >= 11 is 4.57. The third-order valence-corrected chi connectivity index (χ3v) is 2.52. The minimum atomic E-state index is 0.495. The maximum atomic E-state index is 5.63. The third kappa shape index (κ3) is 1.93. The Morgan fingerprint density at radius 3 is 2.94 bits per heavy atom. The maximum Gasteiger partial charge on any atom is 0.246 e. The van der Waals surface area contributed by atoms with Crippen molar-refractivity contribution >= 4 is 34.2 Å². The number of pyridine rings is 1. The second-order valence-corrected chi connectivity index (χ2v) is 3.77. The van der Waals surface area contributed by atoms with E-state index < -0.39 is 0 Å². The number of thiocarbonyl (C=S) groups is 1. The molecule has 0 atom stereocenters. The molecule has 5 heteroatoms. The number of fused-ring (bicyclic) bond motifs is 1. The van der Waals surface area contributed by atoms with Gasteiger partial charge in [0, 0.05) is 6.20 Å². The second-order valence-electron chi connectivity index (χ2n) is 3.59. The summed E-state index contributed by atoms with van der Waals surface area (Å²) in [4.78, 5) is 12.5. The maximum absolute atomic E-state index is 5.63. The number of benzene rings is 1. The van der Waals surface area contributed by atoms with Crippen LogP contribution in [0.1, 0.15) is 0 Å². The Hall–Kier alpha value is -2.36. The highest BCUT2D eigenvalue weighted by molar-refractivity contribution is 7.78. The number of aromatic nitrogens is 2. The Kier molecular flexibility index (Phi) is 2.68. The second kappa shape index (κ2) is 4.49. The molecule has 0 bridgehead atoms. The van der Waals surface area contributed by atoms with Crippen LogP contribution in [0, 0.1) is 0 Å². The van der Waals surface area contributed by atoms with Gasteiger partial charge in [0.15, 0.2) is 5.58 Å². The van der Waals surface area contributed by atoms with E-state index in [0.717, 1.165) is 5.52 Å². The Morgan fingerprint density at radius 2 is 2.17 bits per heavy atom. The molecular weight excluding hydrogens is 246 g/mol. The number of rotatable bonds is 2. The number of oxazole rings is 1. The molecule has 0 radical (unpaired) electrons. The SMILES string of the molecule is S=C=Nc1ccc2oc(-c3ccccn3)nc2c1. The minimum absolute atomic E-state index is 0.495. The minimum Gasteiger partial charge on any atom is -0.435 e. The molecule has 0 aliphatic rings. The van der Waals surface area contributed by atoms with Gasteiger partial charge >= 0.3 is 0 Å². The highest BCUT2D eigenvalue weighted by Gasteiger charge is 2.08. The smallest absolute Gasteiger partial charge is 0.246 e. The monoisotopic (exact) mass is 253 g/mol. The fourth-order valence-electron chi connectivity index (χ4n) is 1.64. The molecule has 86 valence electrons. The van der Waals surface area contributed by atoms with Crippen molar-refractivity contribution in [2.24, 2.45) is 4.99 Å². The summed E-state index contributed by atoms with van der Waals surface area (Å²) in [5.41, 5.74) is 2.83. The van der Waals surface area contributed by atoms with Crippen LogP contribution < -0.4 is 0 Å². The molecule has 0 unspecified atom stereocenters. The van der Waals surface area contributed by atoms with Crippen molar-refractivity contribution in [3.63, 3.8) is 0 Å². The zero-order valence-electron chi connectivity index (χ0n) is 9.20. The average Bonchev–Trinajstić information content (AvgIpc) is 2.83. The molecule has 18 heavy (non-hydrogen) atoms. The number of hydrogen-bond donors (Lipinski definition) is 0. The first-order valence-electron chi connectivity index (χ1n) is 5.27. The van der Waals surface area contributed by atoms with Crippen LogP contribution in [-0.2, 0) is 0 Å². The van der Waals surface area contributed by atoms with Gasteiger partial charge < -0.3 is 4.42 Å². The summed E-state index contributed by atoms with van der Waals surface area (Å²) in [6, 6.07) is 11.0. The third-order valence-electron chi connectivity index (χ3n) is 2.43. The predicted molar refractivity (Wildman–Crippen MR) is 71.9 cm³/mol. The van der Waals surface area contributed by atoms with E-state index in [1.54, 1.807) is 24.4 Å². The van der Waals surface area contributed by atoms with Crippen LogP contribution in [-0.4, -0.2) is 15.1 Å². The molecule has 2 aromatic heterocycles. The van der Waals surface area contributed by atoms with Crippen LogP contribution in [0.25, 0.3) is 22.7 Å². The van der Waals surface area contributed by atoms with Crippen molar-refractivity contribution in [2.45, 2.75) is 0 Å². The lowest BCUT2D eigenvalue weighted by Gasteiger charge is -1.90. The fourth-order valence-corrected chi connectivity index (χ4v) is 1.74. The molecule has 0 saturated heterocycles. The normalized spacial score (nSPS) is 10.2. The molecule has 2 heterocycles. The lowest BCUT2D eigenvalue weighted by atomic mass is 10.3. The topological polar surface area (TPSA) is 51.3 Å². The summed E-state index contributed by atoms with van der Waals surface area (Å²) in [6.07, 6.45) is 1.70. The first-order valence-corrected chi connectivity index (χ1v) is 5.67. The van der Waals surface area contributed by atoms with Crippen LogP contribution in [0.5, 0.6) is 0 Å². The van der Waals surface area contributed by atoms with Crippen LogP contribution in [0.4, 0.5) is 5.69 Å². The van der Waals surface area contributed by atoms with Crippen molar-refractivity contribution in [1.29, 1.82) is 0 Å². The van der Waals surface area contributed by atoms with Crippen molar-refractivity contribution in [3.05, 3.63) is 42.6 Å². The van der Waals surface area contributed by atoms with Gasteiger partial charge in [0.1, 0.15) is 11.2 Å². The van der Waals surface area contributed by atoms with Crippen molar-refractivity contribution in [2.75, 3.05) is 0 Å². The molecule has 0 amide bonds. The molecule has 3 aromatic rings. The van der Waals surface area contributed by atoms with E-state index in [9.17, 15) is 0 Å². The number of aliphatic imine (C=N–C) groups is 1. The van der Waals surface area contributed by atoms with E-state index in [0.29, 0.717) is 22.9 Å². The summed E-state index contributed by atoms with van der Waals surface area (Å²) < 4.78 is 5.63. The van der Waals surface area contributed by atoms with Crippen molar-refractivity contribution < 1.29 is 4.42 Å². The molecule has 3 rings (SSSR count). The van der Waals surface area contributed by atoms with E-state index in [2.05, 4.69) is 32.3 Å². The van der Waals surface area contributed by atoms with Crippen LogP contribution >= 0.6 is 12.2 Å². The quantitative estimate of drug-likeness (QED) is 0.517. The van der Waals surface area contributed by atoms with Gasteiger partial charge in [-0.25, -0.2) is 4.98 Å². The zero-order chi connectivity index (χ0) is 12.4. The Bertz CT molecular complexity index is 745. The standard InChI is InChI=1S/C13H7N3OS/c18-8-15-9-4-5-12-11(7-9)16-13(17-12)10-3-1-2-6-14-10/h1-7H. The highest BCUT2D eigenvalue weighted by atomic mass is 32.1. The van der Waals surface area contributed by atoms with Crippen molar-refractivity contribution in [3.8, 4) is 11.6 Å². The molecule has 0 fully saturated rings. The summed E-state index contributed by atoms with van der Waals surface area (Å²) in [7, 11) is 0. The highest BCUT2D eigenvalue weighted by Crippen LogP contribution is 2.25. The predicted octanol–water partition coefficient (Wildman–Crippen LogP) is 3.62. The van der Waals surface area contributed by atoms with Gasteiger partial charge in [-0.1, -0.05) is 6.07 Å². The Labute approximate surface area is 108 Å². The van der Waals surface area contributed by atoms with E-state index in [4.69, 9.17) is 4.42 Å². The fraction of sp³-hybridized carbons (Fsp3) is 0. The van der Waals surface area contributed by atoms with Crippen LogP contribution in [0.2, 0.25) is 0 Å². The van der Waals surface area contributed by atoms with E-state index in [1.165, 1.54) is 0 Å². The van der Waals surface area contributed by atoms with Gasteiger partial charge in [0.25, 0.3) is 0 Å². The molecule has 0 aliphatic heterocycles. The molecule has 0 N–H and O–H groups in total. The van der Waals surface area contributed by atoms with Gasteiger partial charge in [-0.05, 0) is 42.5 Å². The first-order chi connectivity index (χ1) is 8.86. The molecule has 0 saturated carbocycles. The molecule has 1 aromatic carbocycles. The molecule has 0 aliphatic carbocycles. The van der Waals surface area contributed by atoms with Crippen molar-refractivity contribution in [1.82, 2.24) is 9.97 Å². The van der Waals surface area contributed by atoms with Gasteiger partial charge in [0.05, 0.1) is 10.8 Å². The lowest BCUT2D eigenvalue weighted by molar-refractivity contribution is 0.617. The number of hydrogen-bond acceptors (Lipinski definition) is 5. The average molecular weight is 253 g/mol. The largest absolute Gasteiger partial charge is 0.435 e. The zero-order valence-corrected chi connectivity index (χ0v) is 10.0. The Balaban J connectivity index is 2.14. The van der Waals surface area contributed by atoms with Gasteiger partial charge in [-0.15, -0.1) is 0 Å². The van der Waals surface area contributed by atoms with Gasteiger partial charge in [-0.3, -0.25) is 4.98 Å². The van der Waals surface area contributed by atoms with Crippen LogP contribution in [0.15, 0.2) is 52.0 Å².